The average Bonchev–Trinajstić information content (AvgIpc) is 3.42. The lowest BCUT2D eigenvalue weighted by Gasteiger charge is -2.27. The molecule has 1 saturated heterocycles. The second kappa shape index (κ2) is 8.59. The number of hydrogen-bond acceptors (Lipinski definition) is 6. The van der Waals surface area contributed by atoms with Crippen LogP contribution in [0.4, 0.5) is 0 Å². The van der Waals surface area contributed by atoms with Crippen LogP contribution < -0.4 is 14.2 Å². The van der Waals surface area contributed by atoms with Crippen LogP contribution in [0.25, 0.3) is 5.76 Å². The number of amides is 1. The number of Topliss-reactive ketones (excluding diaryl/α,β-unsaturated/α-hetero) is 1. The second-order valence-corrected chi connectivity index (χ2v) is 8.16. The van der Waals surface area contributed by atoms with Crippen LogP contribution in [0.5, 0.6) is 17.2 Å². The molecule has 0 bridgehead atoms. The van der Waals surface area contributed by atoms with E-state index in [4.69, 9.17) is 14.2 Å². The number of fused-ring (bicyclic) bond motifs is 1. The van der Waals surface area contributed by atoms with E-state index in [1.54, 1.807) is 31.4 Å². The van der Waals surface area contributed by atoms with E-state index in [1.807, 2.05) is 49.4 Å². The molecule has 5 rings (SSSR count). The molecule has 172 valence electrons. The van der Waals surface area contributed by atoms with Gasteiger partial charge in [-0.25, -0.2) is 0 Å². The number of carbonyl (C=O) groups is 2. The number of aliphatic hydroxyl groups excluding tert-OH is 1. The SMILES string of the molecule is COc1ccccc1CN1C(=O)C(=O)/C(=C(/O)c2ccc3c(c2)OCO3)C1c1ccccc1C. The molecule has 7 heteroatoms. The van der Waals surface area contributed by atoms with Crippen LogP contribution in [-0.2, 0) is 16.1 Å². The summed E-state index contributed by atoms with van der Waals surface area (Å²) in [6, 6.07) is 19.0. The van der Waals surface area contributed by atoms with Crippen molar-refractivity contribution >= 4 is 17.4 Å². The number of likely N-dealkylation sites (tertiary alicyclic amines) is 1. The van der Waals surface area contributed by atoms with Crippen molar-refractivity contribution in [1.82, 2.24) is 4.90 Å². The molecule has 0 saturated carbocycles. The zero-order valence-corrected chi connectivity index (χ0v) is 18.8. The van der Waals surface area contributed by atoms with Crippen LogP contribution in [0.1, 0.15) is 28.3 Å². The Morgan fingerprint density at radius 2 is 1.76 bits per heavy atom. The van der Waals surface area contributed by atoms with E-state index in [0.29, 0.717) is 22.8 Å². The molecule has 3 aromatic rings. The Hall–Kier alpha value is -4.26. The fourth-order valence-electron chi connectivity index (χ4n) is 4.48. The van der Waals surface area contributed by atoms with Crippen molar-refractivity contribution in [2.45, 2.75) is 19.5 Å². The van der Waals surface area contributed by atoms with Gasteiger partial charge in [0, 0.05) is 11.1 Å². The molecule has 1 N–H and O–H groups in total. The molecule has 1 atom stereocenters. The number of ether oxygens (including phenoxy) is 3. The summed E-state index contributed by atoms with van der Waals surface area (Å²) >= 11 is 0. The summed E-state index contributed by atoms with van der Waals surface area (Å²) in [4.78, 5) is 28.1. The first-order valence-electron chi connectivity index (χ1n) is 10.9. The van der Waals surface area contributed by atoms with Crippen LogP contribution in [0.3, 0.4) is 0 Å². The van der Waals surface area contributed by atoms with Crippen LogP contribution in [0.15, 0.2) is 72.3 Å². The van der Waals surface area contributed by atoms with E-state index in [0.717, 1.165) is 16.7 Å². The summed E-state index contributed by atoms with van der Waals surface area (Å²) < 4.78 is 16.2. The molecule has 1 amide bonds. The topological polar surface area (TPSA) is 85.3 Å². The molecule has 1 fully saturated rings. The van der Waals surface area contributed by atoms with Gasteiger partial charge >= 0.3 is 0 Å². The number of rotatable bonds is 5. The van der Waals surface area contributed by atoms with Crippen molar-refractivity contribution in [1.29, 1.82) is 0 Å². The average molecular weight is 457 g/mol. The Balaban J connectivity index is 1.66. The summed E-state index contributed by atoms with van der Waals surface area (Å²) in [6.45, 7) is 2.15. The molecule has 0 aromatic heterocycles. The lowest BCUT2D eigenvalue weighted by molar-refractivity contribution is -0.140. The summed E-state index contributed by atoms with van der Waals surface area (Å²) in [7, 11) is 1.56. The molecule has 7 nitrogen and oxygen atoms in total. The van der Waals surface area contributed by atoms with Crippen molar-refractivity contribution < 1.29 is 28.9 Å². The van der Waals surface area contributed by atoms with Gasteiger partial charge in [-0.05, 0) is 42.3 Å². The maximum Gasteiger partial charge on any atom is 0.295 e. The van der Waals surface area contributed by atoms with Gasteiger partial charge in [-0.3, -0.25) is 9.59 Å². The summed E-state index contributed by atoms with van der Waals surface area (Å²) in [5.41, 5.74) is 2.83. The Morgan fingerprint density at radius 3 is 2.56 bits per heavy atom. The first-order valence-corrected chi connectivity index (χ1v) is 10.9. The molecule has 3 aromatic carbocycles. The zero-order chi connectivity index (χ0) is 23.8. The van der Waals surface area contributed by atoms with Gasteiger partial charge in [0.15, 0.2) is 11.5 Å². The monoisotopic (exact) mass is 457 g/mol. The van der Waals surface area contributed by atoms with Crippen LogP contribution >= 0.6 is 0 Å². The van der Waals surface area contributed by atoms with Crippen molar-refractivity contribution in [2.24, 2.45) is 0 Å². The van der Waals surface area contributed by atoms with E-state index < -0.39 is 17.7 Å². The van der Waals surface area contributed by atoms with Crippen LogP contribution in [0, 0.1) is 6.92 Å². The number of carbonyl (C=O) groups excluding carboxylic acids is 2. The van der Waals surface area contributed by atoms with Gasteiger partial charge in [-0.1, -0.05) is 42.5 Å². The smallest absolute Gasteiger partial charge is 0.295 e. The highest BCUT2D eigenvalue weighted by Gasteiger charge is 2.46. The highest BCUT2D eigenvalue weighted by atomic mass is 16.7. The molecule has 0 radical (unpaired) electrons. The summed E-state index contributed by atoms with van der Waals surface area (Å²) in [6.07, 6.45) is 0. The quantitative estimate of drug-likeness (QED) is 0.348. The number of nitrogens with zero attached hydrogens (tertiary/aromatic N) is 1. The van der Waals surface area contributed by atoms with E-state index in [2.05, 4.69) is 0 Å². The van der Waals surface area contributed by atoms with E-state index >= 15 is 0 Å². The lowest BCUT2D eigenvalue weighted by atomic mass is 9.92. The lowest BCUT2D eigenvalue weighted by Crippen LogP contribution is -2.29. The number of para-hydroxylation sites is 1. The number of ketones is 1. The highest BCUT2D eigenvalue weighted by Crippen LogP contribution is 2.43. The standard InChI is InChI=1S/C27H23NO6/c1-16-7-3-5-9-19(16)24-23(25(29)17-11-12-21-22(13-17)34-15-33-21)26(30)27(31)28(24)14-18-8-4-6-10-20(18)32-2/h3-13,24,29H,14-15H2,1-2H3/b25-23+. The largest absolute Gasteiger partial charge is 0.507 e. The minimum Gasteiger partial charge on any atom is -0.507 e. The molecule has 0 aliphatic carbocycles. The molecular weight excluding hydrogens is 434 g/mol. The van der Waals surface area contributed by atoms with Gasteiger partial charge < -0.3 is 24.2 Å². The molecule has 0 spiro atoms. The Bertz CT molecular complexity index is 1330. The first kappa shape index (κ1) is 21.6. The van der Waals surface area contributed by atoms with Gasteiger partial charge in [0.1, 0.15) is 11.5 Å². The normalized spacial score (nSPS) is 18.4. The zero-order valence-electron chi connectivity index (χ0n) is 18.8. The van der Waals surface area contributed by atoms with Crippen molar-refractivity contribution in [3.63, 3.8) is 0 Å². The van der Waals surface area contributed by atoms with E-state index in [-0.39, 0.29) is 24.7 Å². The van der Waals surface area contributed by atoms with Gasteiger partial charge in [-0.2, -0.15) is 0 Å². The van der Waals surface area contributed by atoms with Gasteiger partial charge in [0.2, 0.25) is 6.79 Å². The number of aliphatic hydroxyl groups is 1. The third-order valence-corrected chi connectivity index (χ3v) is 6.20. The van der Waals surface area contributed by atoms with Gasteiger partial charge in [0.05, 0.1) is 25.3 Å². The molecule has 2 aliphatic rings. The predicted molar refractivity (Wildman–Crippen MR) is 125 cm³/mol. The van der Waals surface area contributed by atoms with Gasteiger partial charge in [-0.15, -0.1) is 0 Å². The van der Waals surface area contributed by atoms with E-state index in [1.165, 1.54) is 4.90 Å². The number of hydrogen-bond donors (Lipinski definition) is 1. The second-order valence-electron chi connectivity index (χ2n) is 8.16. The minimum absolute atomic E-state index is 0.0352. The molecule has 2 heterocycles. The molecular formula is C27H23NO6. The predicted octanol–water partition coefficient (Wildman–Crippen LogP) is 4.35. The molecule has 2 aliphatic heterocycles. The third kappa shape index (κ3) is 3.55. The minimum atomic E-state index is -0.767. The fraction of sp³-hybridized carbons (Fsp3) is 0.185. The number of methoxy groups -OCH3 is 1. The maximum atomic E-state index is 13.3. The molecule has 1 unspecified atom stereocenters. The number of aryl methyl sites for hydroxylation is 1. The number of benzene rings is 3. The summed E-state index contributed by atoms with van der Waals surface area (Å²) in [5, 5.41) is 11.3. The van der Waals surface area contributed by atoms with Crippen molar-refractivity contribution in [2.75, 3.05) is 13.9 Å². The first-order chi connectivity index (χ1) is 16.5. The fourth-order valence-corrected chi connectivity index (χ4v) is 4.48. The van der Waals surface area contributed by atoms with Crippen LogP contribution in [0.2, 0.25) is 0 Å². The van der Waals surface area contributed by atoms with Crippen molar-refractivity contribution in [3.8, 4) is 17.2 Å². The van der Waals surface area contributed by atoms with Crippen LogP contribution in [-0.4, -0.2) is 35.6 Å². The summed E-state index contributed by atoms with van der Waals surface area (Å²) in [5.74, 6) is -0.0284. The van der Waals surface area contributed by atoms with Gasteiger partial charge in [0.25, 0.3) is 11.7 Å². The Morgan fingerprint density at radius 1 is 1.03 bits per heavy atom. The maximum absolute atomic E-state index is 13.3. The molecule has 34 heavy (non-hydrogen) atoms. The highest BCUT2D eigenvalue weighted by molar-refractivity contribution is 6.46. The Kier molecular flexibility index (Phi) is 5.45. The Labute approximate surface area is 196 Å². The third-order valence-electron chi connectivity index (χ3n) is 6.20. The van der Waals surface area contributed by atoms with Crippen molar-refractivity contribution in [3.05, 3.63) is 94.6 Å². The van der Waals surface area contributed by atoms with E-state index in [9.17, 15) is 14.7 Å².